The Morgan fingerprint density at radius 2 is 1.70 bits per heavy atom. The molecule has 4 rings (SSSR count). The molecule has 0 atom stereocenters. The molecule has 1 amide bonds. The number of hydrogen-bond donors (Lipinski definition) is 2. The number of rotatable bonds is 5. The first kappa shape index (κ1) is 22.8. The molecule has 0 bridgehead atoms. The average Bonchev–Trinajstić information content (AvgIpc) is 2.80. The molecule has 2 heterocycles. The normalized spacial score (nSPS) is 16.4. The highest BCUT2D eigenvalue weighted by atomic mass is 32.2. The molecular formula is C24H27N5O3S. The maximum Gasteiger partial charge on any atom is 0.257 e. The minimum Gasteiger partial charge on any atom is -0.397 e. The predicted molar refractivity (Wildman–Crippen MR) is 130 cm³/mol. The monoisotopic (exact) mass is 465 g/mol. The van der Waals surface area contributed by atoms with Gasteiger partial charge in [0.15, 0.2) is 0 Å². The van der Waals surface area contributed by atoms with Crippen LogP contribution in [0.25, 0.3) is 0 Å². The quantitative estimate of drug-likeness (QED) is 0.560. The van der Waals surface area contributed by atoms with Gasteiger partial charge in [-0.2, -0.15) is 4.31 Å². The molecule has 172 valence electrons. The largest absolute Gasteiger partial charge is 0.397 e. The van der Waals surface area contributed by atoms with Crippen molar-refractivity contribution in [2.75, 3.05) is 35.6 Å². The summed E-state index contributed by atoms with van der Waals surface area (Å²) >= 11 is 0. The molecular weight excluding hydrogens is 438 g/mol. The van der Waals surface area contributed by atoms with Crippen LogP contribution < -0.4 is 16.0 Å². The summed E-state index contributed by atoms with van der Waals surface area (Å²) in [4.78, 5) is 19.3. The zero-order valence-electron chi connectivity index (χ0n) is 18.6. The molecule has 33 heavy (non-hydrogen) atoms. The van der Waals surface area contributed by atoms with Crippen LogP contribution in [0.2, 0.25) is 0 Å². The van der Waals surface area contributed by atoms with Gasteiger partial charge in [0.25, 0.3) is 5.91 Å². The molecule has 2 aromatic carbocycles. The number of sulfonamides is 1. The summed E-state index contributed by atoms with van der Waals surface area (Å²) < 4.78 is 27.9. The van der Waals surface area contributed by atoms with Crippen molar-refractivity contribution in [3.05, 3.63) is 78.5 Å². The van der Waals surface area contributed by atoms with Gasteiger partial charge in [-0.3, -0.25) is 4.79 Å². The van der Waals surface area contributed by atoms with Gasteiger partial charge < -0.3 is 16.0 Å². The smallest absolute Gasteiger partial charge is 0.257 e. The number of para-hydroxylation sites is 2. The summed E-state index contributed by atoms with van der Waals surface area (Å²) in [6, 6.07) is 19.0. The van der Waals surface area contributed by atoms with Crippen LogP contribution in [0.3, 0.4) is 0 Å². The molecule has 0 aliphatic carbocycles. The third-order valence-electron chi connectivity index (χ3n) is 5.70. The first-order valence-electron chi connectivity index (χ1n) is 10.6. The number of benzene rings is 2. The lowest BCUT2D eigenvalue weighted by atomic mass is 10.0. The number of aromatic nitrogens is 1. The highest BCUT2D eigenvalue weighted by Crippen LogP contribution is 2.30. The van der Waals surface area contributed by atoms with E-state index in [0.717, 1.165) is 0 Å². The van der Waals surface area contributed by atoms with Crippen molar-refractivity contribution < 1.29 is 13.2 Å². The third-order valence-corrected chi connectivity index (χ3v) is 7.83. The Labute approximate surface area is 194 Å². The number of anilines is 3. The van der Waals surface area contributed by atoms with Gasteiger partial charge in [-0.05, 0) is 50.2 Å². The van der Waals surface area contributed by atoms with Crippen LogP contribution in [-0.4, -0.2) is 48.8 Å². The van der Waals surface area contributed by atoms with Crippen LogP contribution >= 0.6 is 0 Å². The Balaban J connectivity index is 1.47. The van der Waals surface area contributed by atoms with E-state index < -0.39 is 15.6 Å². The summed E-state index contributed by atoms with van der Waals surface area (Å²) in [6.45, 7) is 5.12. The lowest BCUT2D eigenvalue weighted by Crippen LogP contribution is -2.61. The van der Waals surface area contributed by atoms with Crippen LogP contribution in [-0.2, 0) is 10.0 Å². The van der Waals surface area contributed by atoms with Crippen molar-refractivity contribution in [3.63, 3.8) is 0 Å². The number of nitrogens with zero attached hydrogens (tertiary/aromatic N) is 3. The second-order valence-corrected chi connectivity index (χ2v) is 10.4. The molecule has 8 nitrogen and oxygen atoms in total. The molecule has 1 saturated heterocycles. The van der Waals surface area contributed by atoms with E-state index in [9.17, 15) is 13.2 Å². The molecule has 0 unspecified atom stereocenters. The standard InChI is InChI=1S/C24H27N5O3S/c1-24(2)17-28(14-15-29(24)33(31,32)19-8-4-3-5-9-19)22-13-12-18(16-26-22)23(30)27-21-11-7-6-10-20(21)25/h3-13,16H,14-15,17,25H2,1-2H3,(H,27,30). The molecule has 1 aliphatic heterocycles. The molecule has 1 aliphatic rings. The molecule has 0 spiro atoms. The van der Waals surface area contributed by atoms with Gasteiger partial charge in [0.1, 0.15) is 5.82 Å². The second kappa shape index (κ2) is 8.84. The van der Waals surface area contributed by atoms with E-state index in [0.29, 0.717) is 47.3 Å². The van der Waals surface area contributed by atoms with Crippen molar-refractivity contribution in [2.24, 2.45) is 0 Å². The number of carbonyl (C=O) groups is 1. The van der Waals surface area contributed by atoms with Gasteiger partial charge in [-0.25, -0.2) is 13.4 Å². The first-order valence-corrected chi connectivity index (χ1v) is 12.1. The van der Waals surface area contributed by atoms with E-state index in [-0.39, 0.29) is 5.91 Å². The van der Waals surface area contributed by atoms with E-state index in [1.165, 1.54) is 6.20 Å². The van der Waals surface area contributed by atoms with Gasteiger partial charge in [0.2, 0.25) is 10.0 Å². The van der Waals surface area contributed by atoms with Gasteiger partial charge in [0.05, 0.1) is 21.8 Å². The molecule has 0 saturated carbocycles. The van der Waals surface area contributed by atoms with Crippen LogP contribution in [0.4, 0.5) is 17.2 Å². The highest BCUT2D eigenvalue weighted by Gasteiger charge is 2.41. The number of carbonyl (C=O) groups excluding carboxylic acids is 1. The van der Waals surface area contributed by atoms with Gasteiger partial charge in [0, 0.05) is 31.4 Å². The first-order chi connectivity index (χ1) is 15.7. The van der Waals surface area contributed by atoms with Gasteiger partial charge >= 0.3 is 0 Å². The van der Waals surface area contributed by atoms with E-state index in [1.54, 1.807) is 71.0 Å². The Kier molecular flexibility index (Phi) is 6.09. The van der Waals surface area contributed by atoms with E-state index in [1.807, 2.05) is 18.7 Å². The fourth-order valence-corrected chi connectivity index (χ4v) is 5.80. The summed E-state index contributed by atoms with van der Waals surface area (Å²) in [7, 11) is -3.60. The maximum absolute atomic E-state index is 13.2. The number of piperazine rings is 1. The maximum atomic E-state index is 13.2. The number of nitrogens with two attached hydrogens (primary N) is 1. The Hall–Kier alpha value is -3.43. The van der Waals surface area contributed by atoms with Crippen LogP contribution in [0.1, 0.15) is 24.2 Å². The van der Waals surface area contributed by atoms with E-state index in [4.69, 9.17) is 5.73 Å². The zero-order chi connectivity index (χ0) is 23.6. The molecule has 3 aromatic rings. The van der Waals surface area contributed by atoms with Gasteiger partial charge in [-0.1, -0.05) is 30.3 Å². The SMILES string of the molecule is CC1(C)CN(c2ccc(C(=O)Nc3ccccc3N)cn2)CCN1S(=O)(=O)c1ccccc1. The van der Waals surface area contributed by atoms with Crippen molar-refractivity contribution in [1.29, 1.82) is 0 Å². The van der Waals surface area contributed by atoms with Crippen molar-refractivity contribution in [3.8, 4) is 0 Å². The Bertz CT molecular complexity index is 1240. The topological polar surface area (TPSA) is 109 Å². The Morgan fingerprint density at radius 3 is 2.33 bits per heavy atom. The van der Waals surface area contributed by atoms with Crippen LogP contribution in [0.15, 0.2) is 77.8 Å². The molecule has 3 N–H and O–H groups in total. The van der Waals surface area contributed by atoms with E-state index in [2.05, 4.69) is 10.3 Å². The third kappa shape index (κ3) is 4.69. The summed E-state index contributed by atoms with van der Waals surface area (Å²) in [5.74, 6) is 0.390. The van der Waals surface area contributed by atoms with Gasteiger partial charge in [-0.15, -0.1) is 0 Å². The van der Waals surface area contributed by atoms with E-state index >= 15 is 0 Å². The number of amides is 1. The molecule has 1 aromatic heterocycles. The number of hydrogen-bond acceptors (Lipinski definition) is 6. The number of nitrogens with one attached hydrogen (secondary N) is 1. The minimum absolute atomic E-state index is 0.291. The van der Waals surface area contributed by atoms with Crippen molar-refractivity contribution in [1.82, 2.24) is 9.29 Å². The van der Waals surface area contributed by atoms with Crippen molar-refractivity contribution >= 4 is 33.1 Å². The second-order valence-electron chi connectivity index (χ2n) is 8.57. The Morgan fingerprint density at radius 1 is 1.00 bits per heavy atom. The molecule has 1 fully saturated rings. The van der Waals surface area contributed by atoms with Crippen LogP contribution in [0.5, 0.6) is 0 Å². The highest BCUT2D eigenvalue weighted by molar-refractivity contribution is 7.89. The predicted octanol–water partition coefficient (Wildman–Crippen LogP) is 3.21. The van der Waals surface area contributed by atoms with Crippen LogP contribution in [0, 0.1) is 0 Å². The number of pyridine rings is 1. The lowest BCUT2D eigenvalue weighted by molar-refractivity contribution is 0.102. The average molecular weight is 466 g/mol. The lowest BCUT2D eigenvalue weighted by Gasteiger charge is -2.46. The fourth-order valence-electron chi connectivity index (χ4n) is 4.01. The fraction of sp³-hybridized carbons (Fsp3) is 0.250. The summed E-state index contributed by atoms with van der Waals surface area (Å²) in [5.41, 5.74) is 6.69. The minimum atomic E-state index is -3.60. The molecule has 0 radical (unpaired) electrons. The zero-order valence-corrected chi connectivity index (χ0v) is 19.4. The summed E-state index contributed by atoms with van der Waals surface area (Å²) in [5, 5.41) is 2.79. The number of nitrogen functional groups attached to an aromatic ring is 1. The van der Waals surface area contributed by atoms with Crippen molar-refractivity contribution in [2.45, 2.75) is 24.3 Å². The summed E-state index contributed by atoms with van der Waals surface area (Å²) in [6.07, 6.45) is 1.52. The molecule has 9 heteroatoms.